The van der Waals surface area contributed by atoms with E-state index in [-0.39, 0.29) is 11.2 Å². The second-order valence-electron chi connectivity index (χ2n) is 4.42. The van der Waals surface area contributed by atoms with Crippen molar-refractivity contribution < 1.29 is 4.79 Å². The maximum Gasteiger partial charge on any atom is 0.238 e. The van der Waals surface area contributed by atoms with Crippen molar-refractivity contribution in [2.24, 2.45) is 0 Å². The molecule has 0 saturated heterocycles. The molecule has 0 unspecified atom stereocenters. The van der Waals surface area contributed by atoms with Crippen molar-refractivity contribution in [3.05, 3.63) is 41.1 Å². The number of fused-ring (bicyclic) bond motifs is 1. The highest BCUT2D eigenvalue weighted by atomic mass is 35.5. The van der Waals surface area contributed by atoms with E-state index >= 15 is 0 Å². The van der Waals surface area contributed by atoms with Crippen LogP contribution in [0.15, 0.2) is 41.1 Å². The summed E-state index contributed by atoms with van der Waals surface area (Å²) in [7, 11) is 0. The first-order valence-corrected chi connectivity index (χ1v) is 8.54. The lowest BCUT2D eigenvalue weighted by atomic mass is 10.4. The van der Waals surface area contributed by atoms with Gasteiger partial charge in [0.25, 0.3) is 0 Å². The van der Waals surface area contributed by atoms with Gasteiger partial charge in [-0.25, -0.2) is 15.0 Å². The molecule has 1 atom stereocenters. The summed E-state index contributed by atoms with van der Waals surface area (Å²) in [4.78, 5) is 24.7. The molecule has 22 heavy (non-hydrogen) atoms. The fraction of sp³-hybridized carbons (Fsp3) is 0.143. The van der Waals surface area contributed by atoms with Gasteiger partial charge < -0.3 is 5.32 Å². The van der Waals surface area contributed by atoms with Gasteiger partial charge in [0.1, 0.15) is 17.2 Å². The molecule has 0 aliphatic heterocycles. The molecule has 0 spiro atoms. The Bertz CT molecular complexity index is 806. The Labute approximate surface area is 140 Å². The highest BCUT2D eigenvalue weighted by Crippen LogP contribution is 2.31. The van der Waals surface area contributed by atoms with Gasteiger partial charge >= 0.3 is 0 Å². The first-order valence-electron chi connectivity index (χ1n) is 6.41. The van der Waals surface area contributed by atoms with Crippen molar-refractivity contribution in [1.29, 1.82) is 0 Å². The van der Waals surface area contributed by atoms with E-state index in [1.54, 1.807) is 23.5 Å². The number of hydrogen-bond acceptors (Lipinski definition) is 6. The number of rotatable bonds is 4. The third-order valence-corrected chi connectivity index (χ3v) is 5.21. The number of thioether (sulfide) groups is 1. The van der Waals surface area contributed by atoms with Gasteiger partial charge in [-0.05, 0) is 30.5 Å². The van der Waals surface area contributed by atoms with Crippen molar-refractivity contribution in [3.8, 4) is 0 Å². The van der Waals surface area contributed by atoms with Crippen LogP contribution in [0.4, 0.5) is 5.82 Å². The lowest BCUT2D eigenvalue weighted by Crippen LogP contribution is -2.23. The van der Waals surface area contributed by atoms with Gasteiger partial charge in [0, 0.05) is 6.20 Å². The number of anilines is 1. The normalized spacial score (nSPS) is 12.3. The van der Waals surface area contributed by atoms with Crippen LogP contribution in [-0.2, 0) is 4.79 Å². The predicted molar refractivity (Wildman–Crippen MR) is 90.6 cm³/mol. The van der Waals surface area contributed by atoms with Crippen LogP contribution < -0.4 is 5.32 Å². The molecule has 1 amide bonds. The highest BCUT2D eigenvalue weighted by molar-refractivity contribution is 8.00. The van der Waals surface area contributed by atoms with Crippen LogP contribution in [0.25, 0.3) is 10.2 Å². The molecule has 0 aliphatic rings. The minimum Gasteiger partial charge on any atom is -0.310 e. The number of thiophene rings is 1. The highest BCUT2D eigenvalue weighted by Gasteiger charge is 2.18. The van der Waals surface area contributed by atoms with Crippen LogP contribution in [0, 0.1) is 0 Å². The van der Waals surface area contributed by atoms with Crippen LogP contribution >= 0.6 is 34.7 Å². The maximum absolute atomic E-state index is 12.2. The predicted octanol–water partition coefficient (Wildman–Crippen LogP) is 3.86. The third-order valence-electron chi connectivity index (χ3n) is 2.85. The molecule has 0 fully saturated rings. The Balaban J connectivity index is 1.71. The van der Waals surface area contributed by atoms with E-state index in [0.29, 0.717) is 10.8 Å². The van der Waals surface area contributed by atoms with E-state index in [0.717, 1.165) is 15.2 Å². The van der Waals surface area contributed by atoms with Gasteiger partial charge in [-0.1, -0.05) is 23.4 Å². The summed E-state index contributed by atoms with van der Waals surface area (Å²) < 4.78 is 0.997. The van der Waals surface area contributed by atoms with Crippen LogP contribution in [0.5, 0.6) is 0 Å². The molecule has 8 heteroatoms. The third kappa shape index (κ3) is 3.37. The number of nitrogens with one attached hydrogen (secondary N) is 1. The number of carbonyl (C=O) groups excluding carboxylic acids is 1. The summed E-state index contributed by atoms with van der Waals surface area (Å²) in [6, 6.07) is 5.29. The van der Waals surface area contributed by atoms with Crippen LogP contribution in [0.2, 0.25) is 5.02 Å². The monoisotopic (exact) mass is 350 g/mol. The van der Waals surface area contributed by atoms with E-state index in [4.69, 9.17) is 11.6 Å². The molecular weight excluding hydrogens is 340 g/mol. The zero-order valence-electron chi connectivity index (χ0n) is 11.5. The van der Waals surface area contributed by atoms with E-state index in [9.17, 15) is 4.79 Å². The van der Waals surface area contributed by atoms with Crippen molar-refractivity contribution in [2.75, 3.05) is 5.32 Å². The summed E-state index contributed by atoms with van der Waals surface area (Å²) >= 11 is 8.74. The van der Waals surface area contributed by atoms with E-state index in [1.165, 1.54) is 24.3 Å². The summed E-state index contributed by atoms with van der Waals surface area (Å²) in [6.07, 6.45) is 3.01. The number of pyridine rings is 1. The molecule has 3 aromatic rings. The summed E-state index contributed by atoms with van der Waals surface area (Å²) in [6.45, 7) is 1.83. The maximum atomic E-state index is 12.2. The van der Waals surface area contributed by atoms with Crippen molar-refractivity contribution in [3.63, 3.8) is 0 Å². The minimum absolute atomic E-state index is 0.136. The van der Waals surface area contributed by atoms with Crippen molar-refractivity contribution >= 4 is 56.6 Å². The molecule has 0 aromatic carbocycles. The molecule has 0 bridgehead atoms. The molecule has 112 valence electrons. The molecule has 5 nitrogen and oxygen atoms in total. The lowest BCUT2D eigenvalue weighted by Gasteiger charge is -2.11. The number of halogens is 1. The Morgan fingerprint density at radius 1 is 1.32 bits per heavy atom. The van der Waals surface area contributed by atoms with Gasteiger partial charge in [-0.2, -0.15) is 0 Å². The van der Waals surface area contributed by atoms with Gasteiger partial charge in [0.05, 0.1) is 20.5 Å². The second kappa shape index (κ2) is 6.60. The molecule has 0 saturated carbocycles. The fourth-order valence-corrected chi connectivity index (χ4v) is 3.70. The van der Waals surface area contributed by atoms with Crippen molar-refractivity contribution in [1.82, 2.24) is 15.0 Å². The number of carbonyl (C=O) groups is 1. The van der Waals surface area contributed by atoms with Gasteiger partial charge in [0.2, 0.25) is 5.91 Å². The Kier molecular flexibility index (Phi) is 4.56. The molecule has 3 rings (SSSR count). The SMILES string of the molecule is C[C@@H](Sc1ncnc2ccsc12)C(=O)Nc1ccc(Cl)cn1. The fourth-order valence-electron chi connectivity index (χ4n) is 1.75. The van der Waals surface area contributed by atoms with Gasteiger partial charge in [-0.3, -0.25) is 4.79 Å². The Hall–Kier alpha value is -1.70. The first-order chi connectivity index (χ1) is 10.6. The molecule has 0 aliphatic carbocycles. The number of nitrogens with zero attached hydrogens (tertiary/aromatic N) is 3. The summed E-state index contributed by atoms with van der Waals surface area (Å²) in [5.41, 5.74) is 0.898. The van der Waals surface area contributed by atoms with Gasteiger partial charge in [0.15, 0.2) is 0 Å². The van der Waals surface area contributed by atoms with Gasteiger partial charge in [-0.15, -0.1) is 11.3 Å². The Morgan fingerprint density at radius 2 is 2.18 bits per heavy atom. The average molecular weight is 351 g/mol. The summed E-state index contributed by atoms with van der Waals surface area (Å²) in [5.74, 6) is 0.342. The molecule has 1 N–H and O–H groups in total. The topological polar surface area (TPSA) is 67.8 Å². The lowest BCUT2D eigenvalue weighted by molar-refractivity contribution is -0.115. The number of hydrogen-bond donors (Lipinski definition) is 1. The number of aromatic nitrogens is 3. The second-order valence-corrected chi connectivity index (χ2v) is 7.11. The molecule has 3 heterocycles. The first kappa shape index (κ1) is 15.2. The van der Waals surface area contributed by atoms with Crippen LogP contribution in [-0.4, -0.2) is 26.1 Å². The van der Waals surface area contributed by atoms with Crippen LogP contribution in [0.1, 0.15) is 6.92 Å². The minimum atomic E-state index is -0.308. The smallest absolute Gasteiger partial charge is 0.238 e. The van der Waals surface area contributed by atoms with Crippen molar-refractivity contribution in [2.45, 2.75) is 17.2 Å². The zero-order valence-corrected chi connectivity index (χ0v) is 13.9. The average Bonchev–Trinajstić information content (AvgIpc) is 2.99. The number of amides is 1. The molecule has 3 aromatic heterocycles. The quantitative estimate of drug-likeness (QED) is 0.571. The van der Waals surface area contributed by atoms with E-state index in [2.05, 4.69) is 20.3 Å². The standard InChI is InChI=1S/C14H11ClN4OS2/c1-8(13(20)19-11-3-2-9(15)6-16-11)22-14-12-10(4-5-21-12)17-7-18-14/h2-8H,1H3,(H,16,19,20)/t8-/m1/s1. The largest absolute Gasteiger partial charge is 0.310 e. The van der Waals surface area contributed by atoms with Crippen LogP contribution in [0.3, 0.4) is 0 Å². The summed E-state index contributed by atoms with van der Waals surface area (Å²) in [5, 5.41) is 5.76. The van der Waals surface area contributed by atoms with E-state index in [1.807, 2.05) is 18.4 Å². The Morgan fingerprint density at radius 3 is 2.95 bits per heavy atom. The molecular formula is C14H11ClN4OS2. The molecule has 0 radical (unpaired) electrons. The zero-order chi connectivity index (χ0) is 15.5. The van der Waals surface area contributed by atoms with E-state index < -0.39 is 0 Å².